The van der Waals surface area contributed by atoms with Crippen molar-refractivity contribution < 1.29 is 27.5 Å². The second-order valence-corrected chi connectivity index (χ2v) is 4.04. The van der Waals surface area contributed by atoms with Gasteiger partial charge in [-0.25, -0.2) is 13.6 Å². The maximum absolute atomic E-state index is 13.4. The molecule has 0 saturated carbocycles. The van der Waals surface area contributed by atoms with Crippen LogP contribution in [0.15, 0.2) is 28.7 Å². The molecule has 0 N–H and O–H groups in total. The molecular weight excluding hydrogens is 270 g/mol. The summed E-state index contributed by atoms with van der Waals surface area (Å²) >= 11 is 0. The van der Waals surface area contributed by atoms with E-state index in [9.17, 15) is 13.6 Å². The van der Waals surface area contributed by atoms with Crippen molar-refractivity contribution >= 4 is 5.97 Å². The zero-order valence-corrected chi connectivity index (χ0v) is 10.9. The fourth-order valence-corrected chi connectivity index (χ4v) is 1.67. The van der Waals surface area contributed by atoms with Crippen LogP contribution in [-0.4, -0.2) is 13.1 Å². The number of methoxy groups -OCH3 is 1. The number of benzene rings is 1. The summed E-state index contributed by atoms with van der Waals surface area (Å²) in [7, 11) is 1.26. The molecular formula is C14H12F2O4. The van der Waals surface area contributed by atoms with Crippen LogP contribution in [0.3, 0.4) is 0 Å². The first-order chi connectivity index (χ1) is 9.51. The van der Waals surface area contributed by atoms with Crippen LogP contribution < -0.4 is 4.74 Å². The molecule has 0 atom stereocenters. The Hall–Kier alpha value is -2.37. The van der Waals surface area contributed by atoms with Gasteiger partial charge in [-0.05, 0) is 25.1 Å². The third-order valence-electron chi connectivity index (χ3n) is 2.64. The monoisotopic (exact) mass is 282 g/mol. The van der Waals surface area contributed by atoms with Gasteiger partial charge in [0.2, 0.25) is 0 Å². The van der Waals surface area contributed by atoms with E-state index >= 15 is 0 Å². The summed E-state index contributed by atoms with van der Waals surface area (Å²) in [4.78, 5) is 11.4. The molecule has 0 aliphatic carbocycles. The molecule has 106 valence electrons. The Kier molecular flexibility index (Phi) is 4.02. The van der Waals surface area contributed by atoms with E-state index in [1.54, 1.807) is 6.92 Å². The minimum atomic E-state index is -0.804. The molecule has 0 fully saturated rings. The van der Waals surface area contributed by atoms with Gasteiger partial charge in [-0.3, -0.25) is 0 Å². The van der Waals surface area contributed by atoms with Gasteiger partial charge in [0.05, 0.1) is 7.11 Å². The molecule has 0 radical (unpaired) electrons. The van der Waals surface area contributed by atoms with E-state index in [-0.39, 0.29) is 17.9 Å². The van der Waals surface area contributed by atoms with Crippen LogP contribution in [0.4, 0.5) is 8.78 Å². The fraction of sp³-hybridized carbons (Fsp3) is 0.214. The van der Waals surface area contributed by atoms with Crippen molar-refractivity contribution in [1.82, 2.24) is 0 Å². The number of rotatable bonds is 4. The second kappa shape index (κ2) is 5.73. The Morgan fingerprint density at radius 1 is 1.30 bits per heavy atom. The maximum atomic E-state index is 13.4. The summed E-state index contributed by atoms with van der Waals surface area (Å²) in [5.41, 5.74) is 0.283. The average Bonchev–Trinajstić information content (AvgIpc) is 2.78. The van der Waals surface area contributed by atoms with Gasteiger partial charge in [-0.1, -0.05) is 0 Å². The van der Waals surface area contributed by atoms with Gasteiger partial charge in [-0.2, -0.15) is 0 Å². The van der Waals surface area contributed by atoms with Gasteiger partial charge in [-0.15, -0.1) is 0 Å². The van der Waals surface area contributed by atoms with Crippen LogP contribution in [0.25, 0.3) is 0 Å². The van der Waals surface area contributed by atoms with Crippen molar-refractivity contribution in [2.45, 2.75) is 13.5 Å². The Labute approximate surface area is 113 Å². The first kappa shape index (κ1) is 14.0. The van der Waals surface area contributed by atoms with Crippen LogP contribution in [0.1, 0.15) is 21.9 Å². The topological polar surface area (TPSA) is 48.7 Å². The predicted molar refractivity (Wildman–Crippen MR) is 65.5 cm³/mol. The summed E-state index contributed by atoms with van der Waals surface area (Å²) in [6, 6.07) is 4.46. The molecule has 2 rings (SSSR count). The number of carbonyl (C=O) groups is 1. The summed E-state index contributed by atoms with van der Waals surface area (Å²) in [6.07, 6.45) is 0. The summed E-state index contributed by atoms with van der Waals surface area (Å²) < 4.78 is 41.1. The molecule has 0 spiro atoms. The smallest absolute Gasteiger partial charge is 0.341 e. The van der Waals surface area contributed by atoms with Gasteiger partial charge < -0.3 is 13.9 Å². The zero-order chi connectivity index (χ0) is 14.7. The van der Waals surface area contributed by atoms with E-state index in [2.05, 4.69) is 4.74 Å². The molecule has 1 aromatic heterocycles. The number of halogens is 2. The van der Waals surface area contributed by atoms with Crippen LogP contribution in [0, 0.1) is 18.6 Å². The second-order valence-electron chi connectivity index (χ2n) is 4.04. The SMILES string of the molecule is COC(=O)c1cc(COc2ccc(F)cc2F)oc1C. The predicted octanol–water partition coefficient (Wildman–Crippen LogP) is 3.23. The van der Waals surface area contributed by atoms with Crippen molar-refractivity contribution in [2.75, 3.05) is 7.11 Å². The largest absolute Gasteiger partial charge is 0.483 e. The van der Waals surface area contributed by atoms with Gasteiger partial charge >= 0.3 is 5.97 Å². The third kappa shape index (κ3) is 2.96. The number of hydrogen-bond acceptors (Lipinski definition) is 4. The molecule has 20 heavy (non-hydrogen) atoms. The molecule has 0 saturated heterocycles. The average molecular weight is 282 g/mol. The lowest BCUT2D eigenvalue weighted by Gasteiger charge is -2.04. The van der Waals surface area contributed by atoms with E-state index in [1.807, 2.05) is 0 Å². The molecule has 0 bridgehead atoms. The van der Waals surface area contributed by atoms with Gasteiger partial charge in [0.25, 0.3) is 0 Å². The van der Waals surface area contributed by atoms with E-state index < -0.39 is 17.6 Å². The summed E-state index contributed by atoms with van der Waals surface area (Å²) in [5.74, 6) is -1.38. The van der Waals surface area contributed by atoms with Gasteiger partial charge in [0, 0.05) is 6.07 Å². The zero-order valence-electron chi connectivity index (χ0n) is 10.9. The molecule has 1 heterocycles. The quantitative estimate of drug-likeness (QED) is 0.808. The van der Waals surface area contributed by atoms with Crippen LogP contribution in [-0.2, 0) is 11.3 Å². The standard InChI is InChI=1S/C14H12F2O4/c1-8-11(14(17)18-2)6-10(20-8)7-19-13-4-3-9(15)5-12(13)16/h3-6H,7H2,1-2H3. The van der Waals surface area contributed by atoms with Crippen molar-refractivity contribution in [2.24, 2.45) is 0 Å². The highest BCUT2D eigenvalue weighted by Crippen LogP contribution is 2.21. The lowest BCUT2D eigenvalue weighted by Crippen LogP contribution is -2.01. The lowest BCUT2D eigenvalue weighted by atomic mass is 10.2. The highest BCUT2D eigenvalue weighted by atomic mass is 19.1. The highest BCUT2D eigenvalue weighted by molar-refractivity contribution is 5.90. The van der Waals surface area contributed by atoms with E-state index in [4.69, 9.17) is 9.15 Å². The first-order valence-electron chi connectivity index (χ1n) is 5.76. The van der Waals surface area contributed by atoms with Crippen molar-refractivity contribution in [1.29, 1.82) is 0 Å². The minimum absolute atomic E-state index is 0.0829. The minimum Gasteiger partial charge on any atom is -0.483 e. The Morgan fingerprint density at radius 3 is 2.70 bits per heavy atom. The van der Waals surface area contributed by atoms with Crippen LogP contribution in [0.5, 0.6) is 5.75 Å². The van der Waals surface area contributed by atoms with Gasteiger partial charge in [0.15, 0.2) is 11.6 Å². The first-order valence-corrected chi connectivity index (χ1v) is 5.76. The molecule has 6 heteroatoms. The summed E-state index contributed by atoms with van der Waals surface area (Å²) in [5, 5.41) is 0. The van der Waals surface area contributed by atoms with Crippen LogP contribution >= 0.6 is 0 Å². The number of hydrogen-bond donors (Lipinski definition) is 0. The number of aryl methyl sites for hydroxylation is 1. The van der Waals surface area contributed by atoms with Crippen molar-refractivity contribution in [3.63, 3.8) is 0 Å². The van der Waals surface area contributed by atoms with Crippen molar-refractivity contribution in [3.05, 3.63) is 53.0 Å². The lowest BCUT2D eigenvalue weighted by molar-refractivity contribution is 0.0599. The van der Waals surface area contributed by atoms with E-state index in [0.717, 1.165) is 12.1 Å². The molecule has 0 amide bonds. The normalized spacial score (nSPS) is 10.4. The number of ether oxygens (including phenoxy) is 2. The summed E-state index contributed by atoms with van der Waals surface area (Å²) in [6.45, 7) is 1.52. The molecule has 1 aromatic carbocycles. The Bertz CT molecular complexity index is 634. The molecule has 0 aliphatic heterocycles. The number of furan rings is 1. The molecule has 0 unspecified atom stereocenters. The van der Waals surface area contributed by atoms with Gasteiger partial charge in [0.1, 0.15) is 29.5 Å². The number of carbonyl (C=O) groups excluding carboxylic acids is 1. The molecule has 0 aliphatic rings. The Morgan fingerprint density at radius 2 is 2.05 bits per heavy atom. The van der Waals surface area contributed by atoms with E-state index in [0.29, 0.717) is 11.5 Å². The molecule has 4 nitrogen and oxygen atoms in total. The third-order valence-corrected chi connectivity index (χ3v) is 2.64. The number of esters is 1. The van der Waals surface area contributed by atoms with Crippen LogP contribution in [0.2, 0.25) is 0 Å². The highest BCUT2D eigenvalue weighted by Gasteiger charge is 2.16. The Balaban J connectivity index is 2.09. The fourth-order valence-electron chi connectivity index (χ4n) is 1.67. The molecule has 2 aromatic rings. The van der Waals surface area contributed by atoms with E-state index in [1.165, 1.54) is 19.2 Å². The maximum Gasteiger partial charge on any atom is 0.341 e. The van der Waals surface area contributed by atoms with Crippen molar-refractivity contribution in [3.8, 4) is 5.75 Å².